The van der Waals surface area contributed by atoms with Gasteiger partial charge in [0.05, 0.1) is 0 Å². The predicted octanol–water partition coefficient (Wildman–Crippen LogP) is 23.1. The summed E-state index contributed by atoms with van der Waals surface area (Å²) in [6, 6.07) is 0. The topological polar surface area (TPSA) is 180 Å². The molecule has 4 saturated carbocycles. The molecule has 0 radical (unpaired) electrons. The molecule has 0 aromatic heterocycles. The Morgan fingerprint density at radius 2 is 0.840 bits per heavy atom. The molecule has 2 N–H and O–H groups in total. The Kier molecular flexibility index (Phi) is 41.4. The summed E-state index contributed by atoms with van der Waals surface area (Å²) < 4.78 is 85.3. The molecule has 0 aromatic rings. The third-order valence-corrected chi connectivity index (χ3v) is 37.0. The molecule has 6 unspecified atom stereocenters. The Bertz CT molecular complexity index is 2720. The van der Waals surface area contributed by atoms with E-state index in [1.165, 1.54) is 89.5 Å². The van der Waals surface area contributed by atoms with Crippen molar-refractivity contribution in [2.75, 3.05) is 0 Å². The summed E-state index contributed by atoms with van der Waals surface area (Å²) >= 11 is 0. The number of ketones is 4. The lowest BCUT2D eigenvalue weighted by atomic mass is 9.87. The van der Waals surface area contributed by atoms with Crippen LogP contribution in [0.15, 0.2) is 11.8 Å². The van der Waals surface area contributed by atoms with E-state index in [-0.39, 0.29) is 32.3 Å². The molecule has 0 aromatic carbocycles. The first-order chi connectivity index (χ1) is 45.8. The number of alkyl halides is 3. The molecule has 7 aliphatic carbocycles. The van der Waals surface area contributed by atoms with Gasteiger partial charge in [0.25, 0.3) is 0 Å². The van der Waals surface area contributed by atoms with Gasteiger partial charge >= 0.3 is 15.6 Å². The first kappa shape index (κ1) is 95.5. The molecule has 19 heteroatoms. The van der Waals surface area contributed by atoms with E-state index in [9.17, 15) is 51.0 Å². The molecule has 0 heterocycles. The zero-order valence-electron chi connectivity index (χ0n) is 67.5. The number of allylic oxidation sites excluding steroid dienone is 1. The van der Waals surface area contributed by atoms with Gasteiger partial charge in [-0.15, -0.1) is 11.8 Å². The van der Waals surface area contributed by atoms with Crippen molar-refractivity contribution < 1.29 is 68.4 Å². The van der Waals surface area contributed by atoms with E-state index in [0.717, 1.165) is 141 Å². The SMILES string of the molecule is CC1(O)C#CCCCCC1.CC1(O)CCCCCCC1=O.CC1(O[Si](C)(C)C(C)(C)C)C#CCCCCC1.CC1(O[Si](C)(C)C(C)(C)C)CCCCCC=C1OS(=O)(=O)C(F)(F)F.CC1(O[Si](C)(C)C(C)(C)C)CCCCCCC1=O.CC1CCCCCCC1=O.O=C1CCCCCCC1. The summed E-state index contributed by atoms with van der Waals surface area (Å²) in [5, 5.41) is 19.4. The Morgan fingerprint density at radius 1 is 0.460 bits per heavy atom. The molecule has 100 heavy (non-hydrogen) atoms. The van der Waals surface area contributed by atoms with E-state index < -0.39 is 63.0 Å². The Morgan fingerprint density at radius 3 is 1.35 bits per heavy atom. The van der Waals surface area contributed by atoms with Crippen LogP contribution in [0.3, 0.4) is 0 Å². The van der Waals surface area contributed by atoms with E-state index in [1.54, 1.807) is 20.8 Å². The van der Waals surface area contributed by atoms with Crippen LogP contribution in [0, 0.1) is 29.6 Å². The summed E-state index contributed by atoms with van der Waals surface area (Å²) in [5.41, 5.74) is -9.12. The van der Waals surface area contributed by atoms with Crippen molar-refractivity contribution in [3.8, 4) is 23.7 Å². The van der Waals surface area contributed by atoms with Crippen LogP contribution in [0.4, 0.5) is 13.2 Å². The summed E-state index contributed by atoms with van der Waals surface area (Å²) in [6.07, 6.45) is 42.4. The fourth-order valence-corrected chi connectivity index (χ4v) is 17.7. The van der Waals surface area contributed by atoms with Crippen molar-refractivity contribution in [3.63, 3.8) is 0 Å². The molecule has 12 nitrogen and oxygen atoms in total. The van der Waals surface area contributed by atoms with Crippen LogP contribution in [0.5, 0.6) is 0 Å². The highest BCUT2D eigenvalue weighted by Crippen LogP contribution is 2.46. The van der Waals surface area contributed by atoms with Gasteiger partial charge in [-0.1, -0.05) is 184 Å². The zero-order chi connectivity index (χ0) is 76.6. The monoisotopic (exact) mass is 1480 g/mol. The van der Waals surface area contributed by atoms with Crippen LogP contribution >= 0.6 is 0 Å². The van der Waals surface area contributed by atoms with Crippen LogP contribution < -0.4 is 0 Å². The quantitative estimate of drug-likeness (QED) is 0.102. The smallest absolute Gasteiger partial charge is 0.405 e. The number of carbonyl (C=O) groups is 4. The van der Waals surface area contributed by atoms with E-state index in [0.29, 0.717) is 55.4 Å². The Labute approximate surface area is 613 Å². The highest BCUT2D eigenvalue weighted by molar-refractivity contribution is 7.87. The standard InChI is InChI=1S/C16H29F3O4SSi.C15H30O2Si.C15H28OSi.C9H16O2.C9H14O.C9H16O.C8H14O/c1-14(2,3)25(5,6)23-15(4)12-10-8-7-9-11-13(15)22-24(20,21)16(17,18)19;1-14(2,3)18(5,6)17-15(4)12-10-8-7-9-11-13(15)16;1-14(2,3)17(5,6)16-15(4)12-10-8-7-9-11-13-15;1-9(11)7-5-3-2-4-6-8(9)10;1-9(10)7-5-3-2-4-6-8-9;1-8-6-4-2-3-5-7-9(8)10;9-8-6-4-2-1-3-5-7-8/h11H,7-10,12H2,1-6H3;7-12H2,1-6H3;7-10,12H2,1-6H3;11H,2-7H2,1H3;10H,2-5,7H2,1H3;8H,2-7H2,1H3;1-7H2. The summed E-state index contributed by atoms with van der Waals surface area (Å²) in [6.45, 7) is 44.0. The van der Waals surface area contributed by atoms with Gasteiger partial charge in [-0.2, -0.15) is 21.6 Å². The normalized spacial score (nSPS) is 27.7. The molecule has 0 spiro atoms. The highest BCUT2D eigenvalue weighted by atomic mass is 32.2. The van der Waals surface area contributed by atoms with Crippen LogP contribution in [0.2, 0.25) is 54.4 Å². The lowest BCUT2D eigenvalue weighted by Gasteiger charge is -2.45. The lowest BCUT2D eigenvalue weighted by Crippen LogP contribution is -2.52. The van der Waals surface area contributed by atoms with Crippen molar-refractivity contribution in [1.29, 1.82) is 0 Å². The zero-order valence-corrected chi connectivity index (χ0v) is 71.3. The van der Waals surface area contributed by atoms with Gasteiger partial charge in [0, 0.05) is 50.9 Å². The average molecular weight is 1490 g/mol. The van der Waals surface area contributed by atoms with Gasteiger partial charge in [0.1, 0.15) is 45.3 Å². The molecular formula is C81H147F3O12SSi3. The number of hydrogen-bond donors (Lipinski definition) is 2. The maximum Gasteiger partial charge on any atom is 0.534 e. The largest absolute Gasteiger partial charge is 0.534 e. The van der Waals surface area contributed by atoms with E-state index in [1.807, 2.05) is 40.8 Å². The number of Topliss-reactive ketones (excluding diaryl/α,β-unsaturated/α-hetero) is 4. The fraction of sp³-hybridized carbons (Fsp3) is 0.877. The molecule has 0 saturated heterocycles. The molecule has 4 fully saturated rings. The molecule has 582 valence electrons. The minimum absolute atomic E-state index is 0.0252. The Hall–Kier alpha value is -2.47. The molecule has 7 aliphatic rings. The van der Waals surface area contributed by atoms with Gasteiger partial charge in [-0.25, -0.2) is 0 Å². The third-order valence-electron chi connectivity index (χ3n) is 22.3. The number of aliphatic hydroxyl groups is 2. The van der Waals surface area contributed by atoms with Gasteiger partial charge < -0.3 is 27.7 Å². The molecule has 6 atom stereocenters. The molecule has 7 rings (SSSR count). The predicted molar refractivity (Wildman–Crippen MR) is 415 cm³/mol. The minimum atomic E-state index is -5.72. The van der Waals surface area contributed by atoms with Gasteiger partial charge in [0.2, 0.25) is 0 Å². The summed E-state index contributed by atoms with van der Waals surface area (Å²) in [7, 11) is -11.7. The van der Waals surface area contributed by atoms with Crippen molar-refractivity contribution in [2.45, 2.75) is 449 Å². The second kappa shape index (κ2) is 43.4. The van der Waals surface area contributed by atoms with E-state index >= 15 is 0 Å². The molecular weight excluding hydrogens is 1340 g/mol. The fourth-order valence-electron chi connectivity index (χ4n) is 12.2. The summed E-state index contributed by atoms with van der Waals surface area (Å²) in [4.78, 5) is 45.6. The van der Waals surface area contributed by atoms with E-state index in [4.69, 9.17) is 13.3 Å². The first-order valence-electron chi connectivity index (χ1n) is 39.2. The molecule has 0 amide bonds. The van der Waals surface area contributed by atoms with Crippen molar-refractivity contribution in [3.05, 3.63) is 11.8 Å². The van der Waals surface area contributed by atoms with Gasteiger partial charge in [0.15, 0.2) is 36.5 Å². The van der Waals surface area contributed by atoms with Gasteiger partial charge in [-0.3, -0.25) is 19.2 Å². The highest BCUT2D eigenvalue weighted by Gasteiger charge is 2.53. The second-order valence-corrected chi connectivity index (χ2v) is 51.2. The first-order valence-corrected chi connectivity index (χ1v) is 49.3. The number of halogens is 3. The number of rotatable bonds is 8. The number of hydrogen-bond acceptors (Lipinski definition) is 12. The maximum atomic E-state index is 12.8. The second-order valence-electron chi connectivity index (χ2n) is 35.5. The van der Waals surface area contributed by atoms with Crippen LogP contribution in [0.1, 0.15) is 361 Å². The van der Waals surface area contributed by atoms with Crippen LogP contribution in [-0.4, -0.2) is 100 Å². The van der Waals surface area contributed by atoms with E-state index in [2.05, 4.69) is 109 Å². The van der Waals surface area contributed by atoms with Crippen molar-refractivity contribution >= 4 is 58.2 Å². The van der Waals surface area contributed by atoms with Crippen LogP contribution in [-0.2, 0) is 46.8 Å². The molecule has 0 aliphatic heterocycles. The maximum absolute atomic E-state index is 12.8. The van der Waals surface area contributed by atoms with Crippen molar-refractivity contribution in [2.24, 2.45) is 5.92 Å². The number of carbonyl (C=O) groups excluding carboxylic acids is 4. The lowest BCUT2D eigenvalue weighted by molar-refractivity contribution is -0.137. The minimum Gasteiger partial charge on any atom is -0.405 e. The average Bonchev–Trinajstić information content (AvgIpc) is 0.787. The summed E-state index contributed by atoms with van der Waals surface area (Å²) in [5.74, 6) is 14.0. The third kappa shape index (κ3) is 37.2. The van der Waals surface area contributed by atoms with Crippen molar-refractivity contribution in [1.82, 2.24) is 0 Å². The van der Waals surface area contributed by atoms with Gasteiger partial charge in [-0.05, 0) is 204 Å². The molecule has 0 bridgehead atoms. The van der Waals surface area contributed by atoms with Crippen LogP contribution in [0.25, 0.3) is 0 Å². The Balaban J connectivity index is 0.000000601.